The number of sulfonamides is 1. The Morgan fingerprint density at radius 3 is 2.68 bits per heavy atom. The largest absolute Gasteiger partial charge is 0.453 e. The molecular formula is C32H35N7O4S. The molecule has 1 saturated heterocycles. The summed E-state index contributed by atoms with van der Waals surface area (Å²) in [6, 6.07) is 16.4. The van der Waals surface area contributed by atoms with Crippen LogP contribution in [-0.4, -0.2) is 77.6 Å². The van der Waals surface area contributed by atoms with Gasteiger partial charge in [0.2, 0.25) is 10.0 Å². The lowest BCUT2D eigenvalue weighted by molar-refractivity contribution is 0.101. The fraction of sp³-hybridized carbons (Fsp3) is 0.375. The lowest BCUT2D eigenvalue weighted by Crippen LogP contribution is -2.53. The molecule has 0 N–H and O–H groups in total. The number of anilines is 1. The summed E-state index contributed by atoms with van der Waals surface area (Å²) < 4.78 is 38.1. The SMILES string of the molecule is COC(=O)N1CCC(CN(C2Cc3cc(C#N)ccc3N(Cc3cncn3C)C2)S(=O)(=O)c2cccc3cccnc23)CC1. The first-order chi connectivity index (χ1) is 21.3. The number of piperidine rings is 1. The van der Waals surface area contributed by atoms with Crippen molar-refractivity contribution in [3.63, 3.8) is 0 Å². The van der Waals surface area contributed by atoms with E-state index < -0.39 is 16.1 Å². The number of methoxy groups -OCH3 is 1. The highest BCUT2D eigenvalue weighted by atomic mass is 32.2. The van der Waals surface area contributed by atoms with Gasteiger partial charge in [-0.3, -0.25) is 4.98 Å². The number of hydrogen-bond donors (Lipinski definition) is 0. The Labute approximate surface area is 257 Å². The molecule has 4 heterocycles. The van der Waals surface area contributed by atoms with E-state index >= 15 is 0 Å². The van der Waals surface area contributed by atoms with Gasteiger partial charge < -0.3 is 19.1 Å². The molecule has 2 aliphatic heterocycles. The van der Waals surface area contributed by atoms with Crippen LogP contribution in [0, 0.1) is 17.2 Å². The summed E-state index contributed by atoms with van der Waals surface area (Å²) in [5, 5.41) is 10.4. The number of nitrogens with zero attached hydrogens (tertiary/aromatic N) is 7. The summed E-state index contributed by atoms with van der Waals surface area (Å²) in [4.78, 5) is 24.9. The number of benzene rings is 2. The normalized spacial score (nSPS) is 17.5. The topological polar surface area (TPSA) is 125 Å². The summed E-state index contributed by atoms with van der Waals surface area (Å²) in [6.07, 6.45) is 6.61. The van der Waals surface area contributed by atoms with Crippen molar-refractivity contribution in [3.8, 4) is 6.07 Å². The van der Waals surface area contributed by atoms with Gasteiger partial charge in [-0.25, -0.2) is 18.2 Å². The zero-order valence-corrected chi connectivity index (χ0v) is 25.7. The second kappa shape index (κ2) is 12.3. The van der Waals surface area contributed by atoms with Crippen molar-refractivity contribution in [2.45, 2.75) is 36.7 Å². The molecule has 2 aromatic carbocycles. The van der Waals surface area contributed by atoms with Crippen LogP contribution >= 0.6 is 0 Å². The van der Waals surface area contributed by atoms with Crippen LogP contribution in [0.4, 0.5) is 10.5 Å². The molecule has 1 unspecified atom stereocenters. The summed E-state index contributed by atoms with van der Waals surface area (Å²) in [6.45, 7) is 2.31. The number of pyridine rings is 1. The molecule has 228 valence electrons. The minimum Gasteiger partial charge on any atom is -0.453 e. The highest BCUT2D eigenvalue weighted by Crippen LogP contribution is 2.35. The number of likely N-dealkylation sites (tertiary alicyclic amines) is 1. The quantitative estimate of drug-likeness (QED) is 0.307. The number of fused-ring (bicyclic) bond motifs is 2. The third kappa shape index (κ3) is 5.73. The van der Waals surface area contributed by atoms with Gasteiger partial charge in [0.1, 0.15) is 4.90 Å². The Kier molecular flexibility index (Phi) is 8.25. The van der Waals surface area contributed by atoms with Crippen molar-refractivity contribution >= 4 is 32.7 Å². The molecule has 2 aromatic heterocycles. The van der Waals surface area contributed by atoms with Crippen LogP contribution in [0.25, 0.3) is 10.9 Å². The van der Waals surface area contributed by atoms with Gasteiger partial charge >= 0.3 is 6.09 Å². The molecule has 0 bridgehead atoms. The number of carbonyl (C=O) groups is 1. The number of aryl methyl sites for hydroxylation is 1. The lowest BCUT2D eigenvalue weighted by atomic mass is 9.93. The van der Waals surface area contributed by atoms with Crippen molar-refractivity contribution in [3.05, 3.63) is 84.1 Å². The van der Waals surface area contributed by atoms with Crippen LogP contribution in [0.5, 0.6) is 0 Å². The van der Waals surface area contributed by atoms with Gasteiger partial charge in [-0.2, -0.15) is 9.57 Å². The maximum absolute atomic E-state index is 14.8. The minimum absolute atomic E-state index is 0.0472. The van der Waals surface area contributed by atoms with Crippen molar-refractivity contribution in [1.29, 1.82) is 5.26 Å². The van der Waals surface area contributed by atoms with E-state index in [9.17, 15) is 18.5 Å². The third-order valence-corrected chi connectivity index (χ3v) is 10.7. The number of nitriles is 1. The first-order valence-corrected chi connectivity index (χ1v) is 16.1. The molecule has 4 aromatic rings. The predicted molar refractivity (Wildman–Crippen MR) is 165 cm³/mol. The molecule has 1 amide bonds. The first-order valence-electron chi connectivity index (χ1n) is 14.7. The molecule has 0 radical (unpaired) electrons. The summed E-state index contributed by atoms with van der Waals surface area (Å²) in [5.41, 5.74) is 3.88. The van der Waals surface area contributed by atoms with E-state index in [0.717, 1.165) is 22.3 Å². The maximum Gasteiger partial charge on any atom is 0.409 e. The van der Waals surface area contributed by atoms with Gasteiger partial charge in [-0.15, -0.1) is 0 Å². The van der Waals surface area contributed by atoms with Crippen molar-refractivity contribution in [2.75, 3.05) is 38.2 Å². The van der Waals surface area contributed by atoms with E-state index in [-0.39, 0.29) is 16.9 Å². The van der Waals surface area contributed by atoms with Crippen LogP contribution in [-0.2, 0) is 34.8 Å². The Balaban J connectivity index is 1.40. The third-order valence-electron chi connectivity index (χ3n) is 8.78. The van der Waals surface area contributed by atoms with E-state index in [1.165, 1.54) is 7.11 Å². The summed E-state index contributed by atoms with van der Waals surface area (Å²) in [7, 11) is -0.706. The molecular weight excluding hydrogens is 578 g/mol. The monoisotopic (exact) mass is 613 g/mol. The van der Waals surface area contributed by atoms with Crippen LogP contribution in [0.15, 0.2) is 72.1 Å². The Hall–Kier alpha value is -4.47. The molecule has 2 aliphatic rings. The molecule has 44 heavy (non-hydrogen) atoms. The van der Waals surface area contributed by atoms with E-state index in [1.807, 2.05) is 42.1 Å². The smallest absolute Gasteiger partial charge is 0.409 e. The number of ether oxygens (including phenoxy) is 1. The predicted octanol–water partition coefficient (Wildman–Crippen LogP) is 3.94. The second-order valence-electron chi connectivity index (χ2n) is 11.5. The molecule has 0 spiro atoms. The van der Waals surface area contributed by atoms with Crippen LogP contribution in [0.2, 0.25) is 0 Å². The van der Waals surface area contributed by atoms with Crippen molar-refractivity contribution < 1.29 is 17.9 Å². The van der Waals surface area contributed by atoms with Crippen LogP contribution in [0.3, 0.4) is 0 Å². The Bertz CT molecular complexity index is 1820. The fourth-order valence-corrected chi connectivity index (χ4v) is 8.27. The van der Waals surface area contributed by atoms with E-state index in [0.29, 0.717) is 63.1 Å². The molecule has 1 fully saturated rings. The number of aromatic nitrogens is 3. The van der Waals surface area contributed by atoms with Crippen LogP contribution < -0.4 is 4.90 Å². The average Bonchev–Trinajstić information content (AvgIpc) is 3.46. The van der Waals surface area contributed by atoms with Gasteiger partial charge in [-0.05, 0) is 61.1 Å². The lowest BCUT2D eigenvalue weighted by Gasteiger charge is -2.42. The summed E-state index contributed by atoms with van der Waals surface area (Å²) in [5.74, 6) is 0.0472. The Morgan fingerprint density at radius 1 is 1.16 bits per heavy atom. The molecule has 0 saturated carbocycles. The zero-order valence-electron chi connectivity index (χ0n) is 24.8. The molecule has 1 atom stereocenters. The van der Waals surface area contributed by atoms with Gasteiger partial charge in [-0.1, -0.05) is 18.2 Å². The number of amides is 1. The average molecular weight is 614 g/mol. The summed E-state index contributed by atoms with van der Waals surface area (Å²) >= 11 is 0. The number of para-hydroxylation sites is 1. The van der Waals surface area contributed by atoms with Crippen molar-refractivity contribution in [1.82, 2.24) is 23.7 Å². The fourth-order valence-electron chi connectivity index (χ4n) is 6.41. The molecule has 11 nitrogen and oxygen atoms in total. The number of carbonyl (C=O) groups excluding carboxylic acids is 1. The standard InChI is InChI=1S/C32H35N7O4S/c1-36-22-34-18-28(36)21-38-20-27(16-26-15-24(17-33)8-9-29(26)38)39(19-23-10-13-37(14-11-23)32(40)43-2)44(41,42)30-7-3-5-25-6-4-12-35-31(25)30/h3-9,12,15,18,22-23,27H,10-11,13-14,16,19-21H2,1-2H3. The number of imidazole rings is 1. The number of rotatable bonds is 7. The zero-order chi connectivity index (χ0) is 30.8. The van der Waals surface area contributed by atoms with Gasteiger partial charge in [0, 0.05) is 62.7 Å². The van der Waals surface area contributed by atoms with E-state index in [2.05, 4.69) is 20.9 Å². The van der Waals surface area contributed by atoms with E-state index in [1.54, 1.807) is 46.0 Å². The second-order valence-corrected chi connectivity index (χ2v) is 13.4. The first kappa shape index (κ1) is 29.6. The van der Waals surface area contributed by atoms with Gasteiger partial charge in [0.15, 0.2) is 0 Å². The minimum atomic E-state index is -4.02. The Morgan fingerprint density at radius 2 is 1.95 bits per heavy atom. The molecule has 6 rings (SSSR count). The highest BCUT2D eigenvalue weighted by Gasteiger charge is 2.39. The molecule has 12 heteroatoms. The van der Waals surface area contributed by atoms with E-state index in [4.69, 9.17) is 4.74 Å². The van der Waals surface area contributed by atoms with Gasteiger partial charge in [0.05, 0.1) is 42.8 Å². The number of hydrogen-bond acceptors (Lipinski definition) is 8. The maximum atomic E-state index is 14.8. The highest BCUT2D eigenvalue weighted by molar-refractivity contribution is 7.89. The molecule has 0 aliphatic carbocycles. The van der Waals surface area contributed by atoms with Crippen LogP contribution in [0.1, 0.15) is 29.7 Å². The van der Waals surface area contributed by atoms with Gasteiger partial charge in [0.25, 0.3) is 0 Å². The van der Waals surface area contributed by atoms with Crippen molar-refractivity contribution in [2.24, 2.45) is 13.0 Å².